The first kappa shape index (κ1) is 18.6. The number of methoxy groups -OCH3 is 1. The third-order valence-corrected chi connectivity index (χ3v) is 4.13. The summed E-state index contributed by atoms with van der Waals surface area (Å²) in [5.74, 6) is -0.460. The van der Waals surface area contributed by atoms with Crippen molar-refractivity contribution >= 4 is 23.2 Å². The van der Waals surface area contributed by atoms with E-state index < -0.39 is 12.5 Å². The second-order valence-electron chi connectivity index (χ2n) is 5.90. The van der Waals surface area contributed by atoms with Crippen LogP contribution in [0.4, 0.5) is 20.2 Å². The summed E-state index contributed by atoms with van der Waals surface area (Å²) in [5.41, 5.74) is 1.28. The molecule has 1 saturated heterocycles. The second-order valence-corrected chi connectivity index (χ2v) is 5.90. The molecular weight excluding hydrogens is 358 g/mol. The predicted octanol–water partition coefficient (Wildman–Crippen LogP) is 3.68. The van der Waals surface area contributed by atoms with Gasteiger partial charge in [0.15, 0.2) is 11.5 Å². The number of halogens is 2. The van der Waals surface area contributed by atoms with E-state index in [-0.39, 0.29) is 23.1 Å². The molecule has 0 aliphatic carbocycles. The Labute approximate surface area is 154 Å². The normalized spacial score (nSPS) is 13.8. The van der Waals surface area contributed by atoms with E-state index in [0.717, 1.165) is 6.42 Å². The summed E-state index contributed by atoms with van der Waals surface area (Å²) >= 11 is 0. The SMILES string of the molecule is COc1ccc(NC(=O)c2cccc(N3CCCC3=O)c2)cc1OC(F)F. The molecule has 0 radical (unpaired) electrons. The molecule has 1 heterocycles. The lowest BCUT2D eigenvalue weighted by atomic mass is 10.1. The van der Waals surface area contributed by atoms with Gasteiger partial charge in [-0.2, -0.15) is 8.78 Å². The highest BCUT2D eigenvalue weighted by Gasteiger charge is 2.22. The largest absolute Gasteiger partial charge is 0.493 e. The number of hydrogen-bond acceptors (Lipinski definition) is 4. The van der Waals surface area contributed by atoms with Crippen molar-refractivity contribution < 1.29 is 27.8 Å². The number of benzene rings is 2. The summed E-state index contributed by atoms with van der Waals surface area (Å²) in [6, 6.07) is 10.9. The Hall–Kier alpha value is -3.16. The summed E-state index contributed by atoms with van der Waals surface area (Å²) in [4.78, 5) is 26.0. The topological polar surface area (TPSA) is 67.9 Å². The Morgan fingerprint density at radius 2 is 2.00 bits per heavy atom. The van der Waals surface area contributed by atoms with Gasteiger partial charge >= 0.3 is 6.61 Å². The van der Waals surface area contributed by atoms with Crippen molar-refractivity contribution in [2.24, 2.45) is 0 Å². The zero-order valence-electron chi connectivity index (χ0n) is 14.6. The maximum atomic E-state index is 12.5. The minimum absolute atomic E-state index is 0.0245. The number of hydrogen-bond donors (Lipinski definition) is 1. The quantitative estimate of drug-likeness (QED) is 0.835. The molecule has 6 nitrogen and oxygen atoms in total. The van der Waals surface area contributed by atoms with E-state index in [4.69, 9.17) is 4.74 Å². The van der Waals surface area contributed by atoms with E-state index in [1.807, 2.05) is 0 Å². The van der Waals surface area contributed by atoms with Crippen LogP contribution in [0.15, 0.2) is 42.5 Å². The molecule has 0 unspecified atom stereocenters. The molecule has 1 aliphatic heterocycles. The maximum absolute atomic E-state index is 12.5. The third kappa shape index (κ3) is 4.33. The van der Waals surface area contributed by atoms with E-state index in [1.165, 1.54) is 25.3 Å². The molecule has 0 atom stereocenters. The van der Waals surface area contributed by atoms with Gasteiger partial charge in [0.05, 0.1) is 7.11 Å². The average molecular weight is 376 g/mol. The summed E-state index contributed by atoms with van der Waals surface area (Å²) in [6.45, 7) is -2.39. The molecule has 1 fully saturated rings. The molecule has 0 saturated carbocycles. The van der Waals surface area contributed by atoms with Gasteiger partial charge in [0.25, 0.3) is 5.91 Å². The lowest BCUT2D eigenvalue weighted by molar-refractivity contribution is -0.117. The smallest absolute Gasteiger partial charge is 0.387 e. The Bertz CT molecular complexity index is 857. The summed E-state index contributed by atoms with van der Waals surface area (Å²) in [6.07, 6.45) is 1.28. The lowest BCUT2D eigenvalue weighted by Gasteiger charge is -2.16. The third-order valence-electron chi connectivity index (χ3n) is 4.13. The van der Waals surface area contributed by atoms with Crippen molar-refractivity contribution in [2.45, 2.75) is 19.5 Å². The Balaban J connectivity index is 1.78. The van der Waals surface area contributed by atoms with Crippen LogP contribution in [0.2, 0.25) is 0 Å². The van der Waals surface area contributed by atoms with E-state index >= 15 is 0 Å². The summed E-state index contributed by atoms with van der Waals surface area (Å²) < 4.78 is 34.4. The molecule has 8 heteroatoms. The molecule has 142 valence electrons. The number of nitrogens with zero attached hydrogens (tertiary/aromatic N) is 1. The summed E-state index contributed by atoms with van der Waals surface area (Å²) in [5, 5.41) is 2.63. The Morgan fingerprint density at radius 3 is 2.67 bits per heavy atom. The first-order chi connectivity index (χ1) is 13.0. The minimum Gasteiger partial charge on any atom is -0.493 e. The van der Waals surface area contributed by atoms with Crippen molar-refractivity contribution in [1.82, 2.24) is 0 Å². The van der Waals surface area contributed by atoms with E-state index in [0.29, 0.717) is 24.2 Å². The van der Waals surface area contributed by atoms with Gasteiger partial charge in [0, 0.05) is 36.0 Å². The van der Waals surface area contributed by atoms with Crippen LogP contribution in [-0.2, 0) is 4.79 Å². The Morgan fingerprint density at radius 1 is 1.19 bits per heavy atom. The number of carbonyl (C=O) groups excluding carboxylic acids is 2. The van der Waals surface area contributed by atoms with Crippen molar-refractivity contribution in [2.75, 3.05) is 23.9 Å². The van der Waals surface area contributed by atoms with Gasteiger partial charge in [0.1, 0.15) is 0 Å². The number of amides is 2. The van der Waals surface area contributed by atoms with Gasteiger partial charge in [-0.25, -0.2) is 0 Å². The number of ether oxygens (including phenoxy) is 2. The van der Waals surface area contributed by atoms with Gasteiger partial charge in [0.2, 0.25) is 5.91 Å². The van der Waals surface area contributed by atoms with Gasteiger partial charge in [-0.3, -0.25) is 9.59 Å². The molecule has 1 N–H and O–H groups in total. The average Bonchev–Trinajstić information content (AvgIpc) is 3.07. The number of rotatable bonds is 6. The first-order valence-corrected chi connectivity index (χ1v) is 8.32. The van der Waals surface area contributed by atoms with Crippen LogP contribution in [0.1, 0.15) is 23.2 Å². The first-order valence-electron chi connectivity index (χ1n) is 8.32. The zero-order valence-corrected chi connectivity index (χ0v) is 14.6. The van der Waals surface area contributed by atoms with Crippen LogP contribution >= 0.6 is 0 Å². The van der Waals surface area contributed by atoms with Crippen molar-refractivity contribution in [3.8, 4) is 11.5 Å². The number of nitrogens with one attached hydrogen (secondary N) is 1. The van der Waals surface area contributed by atoms with Gasteiger partial charge < -0.3 is 19.7 Å². The predicted molar refractivity (Wildman–Crippen MR) is 95.6 cm³/mol. The molecule has 3 rings (SSSR count). The molecule has 2 amide bonds. The summed E-state index contributed by atoms with van der Waals surface area (Å²) in [7, 11) is 1.33. The minimum atomic E-state index is -3.01. The molecule has 0 spiro atoms. The highest BCUT2D eigenvalue weighted by Crippen LogP contribution is 2.32. The molecule has 2 aromatic carbocycles. The fourth-order valence-electron chi connectivity index (χ4n) is 2.88. The van der Waals surface area contributed by atoms with Crippen LogP contribution in [0.25, 0.3) is 0 Å². The van der Waals surface area contributed by atoms with Crippen molar-refractivity contribution in [1.29, 1.82) is 0 Å². The van der Waals surface area contributed by atoms with Crippen molar-refractivity contribution in [3.05, 3.63) is 48.0 Å². The molecule has 0 aromatic heterocycles. The highest BCUT2D eigenvalue weighted by atomic mass is 19.3. The molecule has 0 bridgehead atoms. The van der Waals surface area contributed by atoms with E-state index in [2.05, 4.69) is 10.1 Å². The Kier molecular flexibility index (Phi) is 5.54. The zero-order chi connectivity index (χ0) is 19.4. The van der Waals surface area contributed by atoms with Crippen LogP contribution in [0, 0.1) is 0 Å². The molecular formula is C19H18F2N2O4. The van der Waals surface area contributed by atoms with Gasteiger partial charge in [-0.05, 0) is 36.8 Å². The van der Waals surface area contributed by atoms with Crippen LogP contribution in [0.3, 0.4) is 0 Å². The number of anilines is 2. The van der Waals surface area contributed by atoms with E-state index in [1.54, 1.807) is 29.2 Å². The van der Waals surface area contributed by atoms with E-state index in [9.17, 15) is 18.4 Å². The molecule has 27 heavy (non-hydrogen) atoms. The monoisotopic (exact) mass is 376 g/mol. The van der Waals surface area contributed by atoms with Gasteiger partial charge in [-0.15, -0.1) is 0 Å². The highest BCUT2D eigenvalue weighted by molar-refractivity contribution is 6.05. The molecule has 1 aliphatic rings. The van der Waals surface area contributed by atoms with Crippen molar-refractivity contribution in [3.63, 3.8) is 0 Å². The fourth-order valence-corrected chi connectivity index (χ4v) is 2.88. The lowest BCUT2D eigenvalue weighted by Crippen LogP contribution is -2.24. The maximum Gasteiger partial charge on any atom is 0.387 e. The second kappa shape index (κ2) is 8.03. The van der Waals surface area contributed by atoms with Crippen LogP contribution < -0.4 is 19.7 Å². The van der Waals surface area contributed by atoms with Crippen LogP contribution in [0.5, 0.6) is 11.5 Å². The van der Waals surface area contributed by atoms with Crippen LogP contribution in [-0.4, -0.2) is 32.1 Å². The van der Waals surface area contributed by atoms with Gasteiger partial charge in [-0.1, -0.05) is 6.07 Å². The number of carbonyl (C=O) groups is 2. The number of alkyl halides is 2. The molecule has 2 aromatic rings. The standard InChI is InChI=1S/C19H18F2N2O4/c1-26-15-8-7-13(11-16(15)27-19(20)21)22-18(25)12-4-2-5-14(10-12)23-9-3-6-17(23)24/h2,4-5,7-8,10-11,19H,3,6,9H2,1H3,(H,22,25). The fraction of sp³-hybridized carbons (Fsp3) is 0.263.